The molecule has 0 fully saturated rings. The molecule has 3 rings (SSSR count). The first-order valence-electron chi connectivity index (χ1n) is 6.91. The minimum Gasteiger partial charge on any atom is -0.349 e. The lowest BCUT2D eigenvalue weighted by Gasteiger charge is -2.08. The number of rotatable bonds is 4. The van der Waals surface area contributed by atoms with Gasteiger partial charge in [0.15, 0.2) is 0 Å². The average molecular weight is 299 g/mol. The van der Waals surface area contributed by atoms with E-state index < -0.39 is 0 Å². The number of carbonyl (C=O) groups excluding carboxylic acids is 1. The van der Waals surface area contributed by atoms with Crippen LogP contribution < -0.4 is 10.6 Å². The molecule has 21 heavy (non-hydrogen) atoms. The molecule has 0 spiro atoms. The first-order chi connectivity index (χ1) is 10.2. The summed E-state index contributed by atoms with van der Waals surface area (Å²) in [4.78, 5) is 16.5. The number of benzene rings is 1. The van der Waals surface area contributed by atoms with Gasteiger partial charge in [0.1, 0.15) is 11.0 Å². The van der Waals surface area contributed by atoms with Crippen molar-refractivity contribution in [2.45, 2.75) is 19.5 Å². The fourth-order valence-electron chi connectivity index (χ4n) is 2.23. The Morgan fingerprint density at radius 3 is 3.19 bits per heavy atom. The predicted octanol–water partition coefficient (Wildman–Crippen LogP) is 2.26. The number of aromatic nitrogens is 1. The van der Waals surface area contributed by atoms with Gasteiger partial charge >= 0.3 is 0 Å². The third-order valence-electron chi connectivity index (χ3n) is 3.33. The second-order valence-electron chi connectivity index (χ2n) is 5.05. The summed E-state index contributed by atoms with van der Waals surface area (Å²) in [6.07, 6.45) is 3.84. The molecule has 4 nitrogen and oxygen atoms in total. The molecule has 1 aromatic heterocycles. The highest BCUT2D eigenvalue weighted by molar-refractivity contribution is 7.13. The number of nitrogens with zero attached hydrogens (tertiary/aromatic N) is 1. The Hall–Kier alpha value is -1.98. The lowest BCUT2D eigenvalue weighted by atomic mass is 10.1. The SMILES string of the molecule is Cc1cccc(-c2nc(CNC(=O)[C@H]3C=CCN3)cs2)c1. The van der Waals surface area contributed by atoms with Crippen LogP contribution in [0.15, 0.2) is 41.8 Å². The van der Waals surface area contributed by atoms with Crippen molar-refractivity contribution in [3.05, 3.63) is 53.1 Å². The third kappa shape index (κ3) is 3.37. The van der Waals surface area contributed by atoms with Crippen LogP contribution in [-0.4, -0.2) is 23.5 Å². The Bertz CT molecular complexity index is 678. The number of hydrogen-bond acceptors (Lipinski definition) is 4. The molecular formula is C16H17N3OS. The molecule has 108 valence electrons. The maximum Gasteiger partial charge on any atom is 0.241 e. The van der Waals surface area contributed by atoms with Crippen LogP contribution >= 0.6 is 11.3 Å². The molecule has 1 amide bonds. The van der Waals surface area contributed by atoms with Crippen LogP contribution in [0.2, 0.25) is 0 Å². The molecule has 1 aromatic carbocycles. The van der Waals surface area contributed by atoms with Crippen LogP contribution in [0.3, 0.4) is 0 Å². The zero-order valence-corrected chi connectivity index (χ0v) is 12.6. The number of aryl methyl sites for hydroxylation is 1. The molecule has 0 bridgehead atoms. The van der Waals surface area contributed by atoms with E-state index >= 15 is 0 Å². The van der Waals surface area contributed by atoms with E-state index in [1.54, 1.807) is 11.3 Å². The van der Waals surface area contributed by atoms with Crippen LogP contribution in [0.25, 0.3) is 10.6 Å². The van der Waals surface area contributed by atoms with Crippen LogP contribution in [0, 0.1) is 6.92 Å². The van der Waals surface area contributed by atoms with E-state index in [0.717, 1.165) is 22.8 Å². The van der Waals surface area contributed by atoms with Crippen molar-refractivity contribution in [1.29, 1.82) is 0 Å². The molecule has 1 aliphatic rings. The average Bonchev–Trinajstić information content (AvgIpc) is 3.16. The topological polar surface area (TPSA) is 54.0 Å². The Morgan fingerprint density at radius 1 is 1.52 bits per heavy atom. The van der Waals surface area contributed by atoms with Crippen molar-refractivity contribution in [2.75, 3.05) is 6.54 Å². The monoisotopic (exact) mass is 299 g/mol. The van der Waals surface area contributed by atoms with Gasteiger partial charge in [-0.05, 0) is 13.0 Å². The Morgan fingerprint density at radius 2 is 2.43 bits per heavy atom. The molecule has 0 unspecified atom stereocenters. The van der Waals surface area contributed by atoms with Crippen LogP contribution in [0.1, 0.15) is 11.3 Å². The second kappa shape index (κ2) is 6.20. The molecule has 2 aromatic rings. The summed E-state index contributed by atoms with van der Waals surface area (Å²) in [5, 5.41) is 8.98. The first-order valence-corrected chi connectivity index (χ1v) is 7.79. The number of amides is 1. The predicted molar refractivity (Wildman–Crippen MR) is 85.1 cm³/mol. The summed E-state index contributed by atoms with van der Waals surface area (Å²) in [7, 11) is 0. The lowest BCUT2D eigenvalue weighted by molar-refractivity contribution is -0.122. The van der Waals surface area contributed by atoms with Crippen molar-refractivity contribution >= 4 is 17.2 Å². The summed E-state index contributed by atoms with van der Waals surface area (Å²) >= 11 is 1.60. The molecule has 1 atom stereocenters. The summed E-state index contributed by atoms with van der Waals surface area (Å²) in [6.45, 7) is 3.29. The van der Waals surface area contributed by atoms with Gasteiger partial charge in [0.25, 0.3) is 0 Å². The molecular weight excluding hydrogens is 282 g/mol. The van der Waals surface area contributed by atoms with Gasteiger partial charge in [-0.25, -0.2) is 4.98 Å². The molecule has 0 saturated carbocycles. The normalized spacial score (nSPS) is 17.1. The summed E-state index contributed by atoms with van der Waals surface area (Å²) < 4.78 is 0. The first kappa shape index (κ1) is 14.0. The third-order valence-corrected chi connectivity index (χ3v) is 4.27. The van der Waals surface area contributed by atoms with Crippen LogP contribution in [-0.2, 0) is 11.3 Å². The smallest absolute Gasteiger partial charge is 0.241 e. The zero-order chi connectivity index (χ0) is 14.7. The maximum absolute atomic E-state index is 11.9. The van der Waals surface area contributed by atoms with E-state index in [4.69, 9.17) is 0 Å². The van der Waals surface area contributed by atoms with E-state index in [9.17, 15) is 4.79 Å². The van der Waals surface area contributed by atoms with Crippen molar-refractivity contribution in [3.8, 4) is 10.6 Å². The minimum absolute atomic E-state index is 0.00569. The largest absolute Gasteiger partial charge is 0.349 e. The molecule has 1 aliphatic heterocycles. The van der Waals surface area contributed by atoms with Crippen molar-refractivity contribution < 1.29 is 4.79 Å². The fraction of sp³-hybridized carbons (Fsp3) is 0.250. The Balaban J connectivity index is 1.62. The summed E-state index contributed by atoms with van der Waals surface area (Å²) in [6, 6.07) is 8.07. The van der Waals surface area contributed by atoms with Gasteiger partial charge in [0.2, 0.25) is 5.91 Å². The molecule has 0 aliphatic carbocycles. The molecule has 0 saturated heterocycles. The van der Waals surface area contributed by atoms with E-state index in [1.807, 2.05) is 23.6 Å². The highest BCUT2D eigenvalue weighted by atomic mass is 32.1. The van der Waals surface area contributed by atoms with Crippen LogP contribution in [0.5, 0.6) is 0 Å². The molecule has 0 radical (unpaired) electrons. The van der Waals surface area contributed by atoms with Gasteiger partial charge in [0.05, 0.1) is 12.2 Å². The summed E-state index contributed by atoms with van der Waals surface area (Å²) in [5.41, 5.74) is 3.24. The highest BCUT2D eigenvalue weighted by Gasteiger charge is 2.17. The lowest BCUT2D eigenvalue weighted by Crippen LogP contribution is -2.40. The van der Waals surface area contributed by atoms with Crippen molar-refractivity contribution in [2.24, 2.45) is 0 Å². The van der Waals surface area contributed by atoms with Gasteiger partial charge in [-0.1, -0.05) is 35.9 Å². The van der Waals surface area contributed by atoms with E-state index in [-0.39, 0.29) is 11.9 Å². The molecule has 2 heterocycles. The van der Waals surface area contributed by atoms with E-state index in [0.29, 0.717) is 6.54 Å². The number of hydrogen-bond donors (Lipinski definition) is 2. The van der Waals surface area contributed by atoms with Gasteiger partial charge in [0, 0.05) is 17.5 Å². The number of thiazole rings is 1. The van der Waals surface area contributed by atoms with Gasteiger partial charge in [-0.3, -0.25) is 10.1 Å². The van der Waals surface area contributed by atoms with Gasteiger partial charge in [-0.2, -0.15) is 0 Å². The van der Waals surface area contributed by atoms with Crippen LogP contribution in [0.4, 0.5) is 0 Å². The zero-order valence-electron chi connectivity index (χ0n) is 11.8. The minimum atomic E-state index is -0.208. The Kier molecular flexibility index (Phi) is 4.13. The maximum atomic E-state index is 11.9. The van der Waals surface area contributed by atoms with E-state index in [2.05, 4.69) is 40.7 Å². The highest BCUT2D eigenvalue weighted by Crippen LogP contribution is 2.24. The Labute approximate surface area is 127 Å². The number of carbonyl (C=O) groups is 1. The quantitative estimate of drug-likeness (QED) is 0.852. The van der Waals surface area contributed by atoms with Crippen molar-refractivity contribution in [1.82, 2.24) is 15.6 Å². The second-order valence-corrected chi connectivity index (χ2v) is 5.90. The molecule has 5 heteroatoms. The standard InChI is InChI=1S/C16H17N3OS/c1-11-4-2-5-12(8-11)16-19-13(10-21-16)9-18-15(20)14-6-3-7-17-14/h2-6,8,10,14,17H,7,9H2,1H3,(H,18,20)/t14-/m1/s1. The number of nitrogens with one attached hydrogen (secondary N) is 2. The van der Waals surface area contributed by atoms with Crippen molar-refractivity contribution in [3.63, 3.8) is 0 Å². The molecule has 2 N–H and O–H groups in total. The van der Waals surface area contributed by atoms with Gasteiger partial charge < -0.3 is 5.32 Å². The fourth-order valence-corrected chi connectivity index (χ4v) is 3.05. The van der Waals surface area contributed by atoms with E-state index in [1.165, 1.54) is 5.56 Å². The van der Waals surface area contributed by atoms with Gasteiger partial charge in [-0.15, -0.1) is 11.3 Å². The summed E-state index contributed by atoms with van der Waals surface area (Å²) in [5.74, 6) is -0.00569.